The fourth-order valence-corrected chi connectivity index (χ4v) is 3.86. The highest BCUT2D eigenvalue weighted by Crippen LogP contribution is 2.34. The van der Waals surface area contributed by atoms with Crippen molar-refractivity contribution in [3.05, 3.63) is 27.2 Å². The molecular weight excluding hydrogens is 297 g/mol. The molecule has 18 heavy (non-hydrogen) atoms. The van der Waals surface area contributed by atoms with Crippen molar-refractivity contribution in [1.82, 2.24) is 4.31 Å². The fourth-order valence-electron chi connectivity index (χ4n) is 1.54. The maximum Gasteiger partial charge on any atom is 0.244 e. The Kier molecular flexibility index (Phi) is 5.03. The third-order valence-electron chi connectivity index (χ3n) is 2.67. The Labute approximate surface area is 117 Å². The van der Waals surface area contributed by atoms with Gasteiger partial charge in [-0.15, -0.1) is 0 Å². The van der Waals surface area contributed by atoms with Gasteiger partial charge in [0.1, 0.15) is 4.90 Å². The minimum Gasteiger partial charge on any atom is -0.395 e. The van der Waals surface area contributed by atoms with Crippen LogP contribution in [0.3, 0.4) is 0 Å². The molecule has 4 nitrogen and oxygen atoms in total. The Morgan fingerprint density at radius 2 is 1.89 bits per heavy atom. The van der Waals surface area contributed by atoms with Gasteiger partial charge in [0.25, 0.3) is 0 Å². The standard InChI is InChI=1S/C11H15Cl2NO3S/c1-7-6-9(12)8(2)11(10(7)13)18(16,17)14(3)4-5-15/h6,15H,4-5H2,1-3H3. The first-order chi connectivity index (χ1) is 8.23. The summed E-state index contributed by atoms with van der Waals surface area (Å²) >= 11 is 12.1. The summed E-state index contributed by atoms with van der Waals surface area (Å²) in [5.41, 5.74) is 1.01. The molecule has 1 rings (SSSR count). The molecule has 0 saturated carbocycles. The second-order valence-electron chi connectivity index (χ2n) is 3.99. The number of likely N-dealkylation sites (N-methyl/N-ethyl adjacent to an activating group) is 1. The number of nitrogens with zero attached hydrogens (tertiary/aromatic N) is 1. The SMILES string of the molecule is Cc1cc(Cl)c(C)c(S(=O)(=O)N(C)CCO)c1Cl. The van der Waals surface area contributed by atoms with Gasteiger partial charge in [0, 0.05) is 18.6 Å². The summed E-state index contributed by atoms with van der Waals surface area (Å²) in [5.74, 6) is 0. The zero-order chi connectivity index (χ0) is 14.1. The molecule has 0 heterocycles. The second-order valence-corrected chi connectivity index (χ2v) is 6.76. The lowest BCUT2D eigenvalue weighted by Crippen LogP contribution is -2.30. The topological polar surface area (TPSA) is 57.6 Å². The van der Waals surface area contributed by atoms with E-state index < -0.39 is 10.0 Å². The molecule has 0 aromatic heterocycles. The van der Waals surface area contributed by atoms with Crippen LogP contribution in [-0.4, -0.2) is 38.0 Å². The van der Waals surface area contributed by atoms with Gasteiger partial charge in [-0.25, -0.2) is 8.42 Å². The van der Waals surface area contributed by atoms with E-state index in [0.717, 1.165) is 4.31 Å². The van der Waals surface area contributed by atoms with Crippen LogP contribution in [0.15, 0.2) is 11.0 Å². The number of benzene rings is 1. The summed E-state index contributed by atoms with van der Waals surface area (Å²) in [5, 5.41) is 9.35. The summed E-state index contributed by atoms with van der Waals surface area (Å²) in [6, 6.07) is 1.63. The molecule has 0 atom stereocenters. The third kappa shape index (κ3) is 2.81. The predicted molar refractivity (Wildman–Crippen MR) is 72.8 cm³/mol. The van der Waals surface area contributed by atoms with Crippen molar-refractivity contribution in [2.24, 2.45) is 0 Å². The van der Waals surface area contributed by atoms with Crippen molar-refractivity contribution in [1.29, 1.82) is 0 Å². The molecule has 0 aliphatic heterocycles. The Morgan fingerprint density at radius 1 is 1.33 bits per heavy atom. The van der Waals surface area contributed by atoms with E-state index in [0.29, 0.717) is 16.1 Å². The Bertz CT molecular complexity index is 532. The van der Waals surface area contributed by atoms with E-state index in [4.69, 9.17) is 28.3 Å². The van der Waals surface area contributed by atoms with Crippen molar-refractivity contribution in [3.8, 4) is 0 Å². The van der Waals surface area contributed by atoms with Crippen LogP contribution in [0.5, 0.6) is 0 Å². The van der Waals surface area contributed by atoms with Crippen LogP contribution >= 0.6 is 23.2 Å². The van der Waals surface area contributed by atoms with E-state index in [1.54, 1.807) is 19.9 Å². The van der Waals surface area contributed by atoms with Gasteiger partial charge in [-0.2, -0.15) is 4.31 Å². The number of halogens is 2. The predicted octanol–water partition coefficient (Wildman–Crippen LogP) is 2.22. The quantitative estimate of drug-likeness (QED) is 0.927. The van der Waals surface area contributed by atoms with Crippen molar-refractivity contribution < 1.29 is 13.5 Å². The number of hydrogen-bond acceptors (Lipinski definition) is 3. The van der Waals surface area contributed by atoms with Crippen molar-refractivity contribution in [2.45, 2.75) is 18.7 Å². The van der Waals surface area contributed by atoms with E-state index in [9.17, 15) is 8.42 Å². The van der Waals surface area contributed by atoms with Crippen LogP contribution in [-0.2, 0) is 10.0 Å². The molecule has 1 aromatic carbocycles. The molecule has 0 amide bonds. The van der Waals surface area contributed by atoms with Gasteiger partial charge in [-0.3, -0.25) is 0 Å². The van der Waals surface area contributed by atoms with E-state index >= 15 is 0 Å². The molecule has 0 aliphatic rings. The van der Waals surface area contributed by atoms with Crippen LogP contribution in [0.4, 0.5) is 0 Å². The lowest BCUT2D eigenvalue weighted by atomic mass is 10.2. The molecule has 0 radical (unpaired) electrons. The Hall–Kier alpha value is -0.330. The summed E-state index contributed by atoms with van der Waals surface area (Å²) in [6.45, 7) is 3.04. The minimum atomic E-state index is -3.75. The molecule has 0 unspecified atom stereocenters. The molecule has 1 aromatic rings. The van der Waals surface area contributed by atoms with Crippen LogP contribution < -0.4 is 0 Å². The maximum atomic E-state index is 12.3. The van der Waals surface area contributed by atoms with Gasteiger partial charge in [-0.05, 0) is 31.0 Å². The van der Waals surface area contributed by atoms with Gasteiger partial charge < -0.3 is 5.11 Å². The zero-order valence-electron chi connectivity index (χ0n) is 10.4. The second kappa shape index (κ2) is 5.75. The Balaban J connectivity index is 3.51. The van der Waals surface area contributed by atoms with Gasteiger partial charge in [0.05, 0.1) is 11.6 Å². The number of aliphatic hydroxyl groups is 1. The van der Waals surface area contributed by atoms with Gasteiger partial charge in [-0.1, -0.05) is 23.2 Å². The molecule has 0 spiro atoms. The van der Waals surface area contributed by atoms with Gasteiger partial charge in [0.2, 0.25) is 10.0 Å². The van der Waals surface area contributed by atoms with E-state index in [2.05, 4.69) is 0 Å². The monoisotopic (exact) mass is 311 g/mol. The number of sulfonamides is 1. The molecular formula is C11H15Cl2NO3S. The number of aryl methyl sites for hydroxylation is 1. The zero-order valence-corrected chi connectivity index (χ0v) is 12.7. The molecule has 0 aliphatic carbocycles. The van der Waals surface area contributed by atoms with Crippen LogP contribution in [0, 0.1) is 13.8 Å². The summed E-state index contributed by atoms with van der Waals surface area (Å²) in [7, 11) is -2.36. The Morgan fingerprint density at radius 3 is 2.39 bits per heavy atom. The van der Waals surface area contributed by atoms with Crippen molar-refractivity contribution in [3.63, 3.8) is 0 Å². The largest absolute Gasteiger partial charge is 0.395 e. The summed E-state index contributed by atoms with van der Waals surface area (Å²) in [4.78, 5) is 0.00474. The van der Waals surface area contributed by atoms with Crippen LogP contribution in [0.25, 0.3) is 0 Å². The van der Waals surface area contributed by atoms with Gasteiger partial charge >= 0.3 is 0 Å². The smallest absolute Gasteiger partial charge is 0.244 e. The fraction of sp³-hybridized carbons (Fsp3) is 0.455. The highest BCUT2D eigenvalue weighted by Gasteiger charge is 2.27. The van der Waals surface area contributed by atoms with E-state index in [1.807, 2.05) is 0 Å². The van der Waals surface area contributed by atoms with Crippen molar-refractivity contribution in [2.75, 3.05) is 20.2 Å². The average molecular weight is 312 g/mol. The first-order valence-corrected chi connectivity index (χ1v) is 7.45. The number of aliphatic hydroxyl groups excluding tert-OH is 1. The number of rotatable bonds is 4. The molecule has 7 heteroatoms. The number of hydrogen-bond donors (Lipinski definition) is 1. The van der Waals surface area contributed by atoms with Crippen LogP contribution in [0.2, 0.25) is 10.0 Å². The normalized spacial score (nSPS) is 12.2. The first-order valence-electron chi connectivity index (χ1n) is 5.26. The lowest BCUT2D eigenvalue weighted by Gasteiger charge is -2.20. The minimum absolute atomic E-state index is 0.00363. The van der Waals surface area contributed by atoms with E-state index in [1.165, 1.54) is 7.05 Å². The maximum absolute atomic E-state index is 12.3. The van der Waals surface area contributed by atoms with Gasteiger partial charge in [0.15, 0.2) is 0 Å². The summed E-state index contributed by atoms with van der Waals surface area (Å²) in [6.07, 6.45) is 0. The molecule has 1 N–H and O–H groups in total. The average Bonchev–Trinajstić information content (AvgIpc) is 2.26. The molecule has 102 valence electrons. The highest BCUT2D eigenvalue weighted by atomic mass is 35.5. The first kappa shape index (κ1) is 15.7. The van der Waals surface area contributed by atoms with Crippen LogP contribution in [0.1, 0.15) is 11.1 Å². The van der Waals surface area contributed by atoms with E-state index in [-0.39, 0.29) is 23.1 Å². The third-order valence-corrected chi connectivity index (χ3v) is 5.69. The lowest BCUT2D eigenvalue weighted by molar-refractivity contribution is 0.266. The van der Waals surface area contributed by atoms with Crippen molar-refractivity contribution >= 4 is 33.2 Å². The highest BCUT2D eigenvalue weighted by molar-refractivity contribution is 7.89. The molecule has 0 bridgehead atoms. The summed E-state index contributed by atoms with van der Waals surface area (Å²) < 4.78 is 25.7. The molecule has 0 saturated heterocycles. The molecule has 0 fully saturated rings.